The number of hydrogen-bond acceptors (Lipinski definition) is 4. The lowest BCUT2D eigenvalue weighted by Gasteiger charge is -2.03. The van der Waals surface area contributed by atoms with Crippen molar-refractivity contribution in [3.05, 3.63) is 78.1 Å². The molecule has 140 valence electrons. The molecule has 2 aromatic carbocycles. The van der Waals surface area contributed by atoms with Crippen molar-refractivity contribution in [3.63, 3.8) is 0 Å². The van der Waals surface area contributed by atoms with Gasteiger partial charge in [0.15, 0.2) is 11.0 Å². The van der Waals surface area contributed by atoms with E-state index < -0.39 is 17.5 Å². The summed E-state index contributed by atoms with van der Waals surface area (Å²) in [6, 6.07) is 12.2. The summed E-state index contributed by atoms with van der Waals surface area (Å²) in [5.74, 6) is -1.57. The van der Waals surface area contributed by atoms with Gasteiger partial charge in [0.1, 0.15) is 11.6 Å². The zero-order chi connectivity index (χ0) is 19.7. The minimum atomic E-state index is -0.803. The third kappa shape index (κ3) is 3.41. The third-order valence-corrected chi connectivity index (χ3v) is 5.06. The van der Waals surface area contributed by atoms with Gasteiger partial charge in [0.2, 0.25) is 0 Å². The summed E-state index contributed by atoms with van der Waals surface area (Å²) in [4.78, 5) is 22.1. The number of nitrogens with zero attached hydrogens (tertiary/aromatic N) is 3. The molecule has 4 aromatic rings. The van der Waals surface area contributed by atoms with Gasteiger partial charge >= 0.3 is 0 Å². The number of nitrogens with one attached hydrogen (secondary N) is 1. The Hall–Kier alpha value is -3.39. The number of benzene rings is 2. The van der Waals surface area contributed by atoms with Crippen LogP contribution in [0.2, 0.25) is 0 Å². The van der Waals surface area contributed by atoms with Gasteiger partial charge in [-0.2, -0.15) is 0 Å². The Kier molecular flexibility index (Phi) is 4.70. The first-order valence-electron chi connectivity index (χ1n) is 8.33. The minimum Gasteiger partial charge on any atom is -0.333 e. The van der Waals surface area contributed by atoms with Crippen molar-refractivity contribution < 1.29 is 13.6 Å². The molecule has 0 atom stereocenters. The van der Waals surface area contributed by atoms with Crippen LogP contribution < -0.4 is 5.32 Å². The Morgan fingerprint density at radius 3 is 2.64 bits per heavy atom. The van der Waals surface area contributed by atoms with Crippen LogP contribution in [0.4, 0.5) is 13.9 Å². The summed E-state index contributed by atoms with van der Waals surface area (Å²) < 4.78 is 29.1. The molecule has 0 bridgehead atoms. The molecule has 0 aliphatic carbocycles. The second-order valence-corrected chi connectivity index (χ2v) is 7.00. The van der Waals surface area contributed by atoms with Gasteiger partial charge in [-0.05, 0) is 18.2 Å². The molecule has 0 saturated carbocycles. The normalized spacial score (nSPS) is 10.8. The van der Waals surface area contributed by atoms with Crippen molar-refractivity contribution in [1.82, 2.24) is 14.5 Å². The molecule has 0 fully saturated rings. The van der Waals surface area contributed by atoms with Crippen molar-refractivity contribution in [2.45, 2.75) is 0 Å². The molecule has 0 radical (unpaired) electrons. The maximum atomic E-state index is 13.9. The third-order valence-electron chi connectivity index (χ3n) is 4.09. The van der Waals surface area contributed by atoms with E-state index in [0.717, 1.165) is 28.6 Å². The highest BCUT2D eigenvalue weighted by molar-refractivity contribution is 7.19. The van der Waals surface area contributed by atoms with Gasteiger partial charge in [0, 0.05) is 25.0 Å². The van der Waals surface area contributed by atoms with Crippen LogP contribution in [-0.4, -0.2) is 20.4 Å². The van der Waals surface area contributed by atoms with Crippen LogP contribution in [0.5, 0.6) is 0 Å². The summed E-state index contributed by atoms with van der Waals surface area (Å²) >= 11 is 1.22. The molecule has 0 saturated heterocycles. The number of aryl methyl sites for hydroxylation is 1. The highest BCUT2D eigenvalue weighted by Crippen LogP contribution is 2.38. The van der Waals surface area contributed by atoms with Crippen LogP contribution in [0.3, 0.4) is 0 Å². The molecule has 1 amide bonds. The fourth-order valence-electron chi connectivity index (χ4n) is 2.74. The quantitative estimate of drug-likeness (QED) is 0.542. The molecule has 4 rings (SSSR count). The molecule has 1 N–H and O–H groups in total. The van der Waals surface area contributed by atoms with Crippen LogP contribution >= 0.6 is 11.3 Å². The zero-order valence-corrected chi connectivity index (χ0v) is 15.5. The van der Waals surface area contributed by atoms with Gasteiger partial charge in [-0.1, -0.05) is 41.7 Å². The van der Waals surface area contributed by atoms with Crippen LogP contribution in [0, 0.1) is 11.6 Å². The van der Waals surface area contributed by atoms with Gasteiger partial charge in [0.25, 0.3) is 5.91 Å². The fraction of sp³-hybridized carbons (Fsp3) is 0.0500. The van der Waals surface area contributed by atoms with E-state index in [4.69, 9.17) is 0 Å². The molecule has 2 aromatic heterocycles. The van der Waals surface area contributed by atoms with Crippen LogP contribution in [0.25, 0.3) is 22.0 Å². The second-order valence-electron chi connectivity index (χ2n) is 6.00. The summed E-state index contributed by atoms with van der Waals surface area (Å²) in [6.45, 7) is 0. The first-order chi connectivity index (χ1) is 13.5. The highest BCUT2D eigenvalue weighted by Gasteiger charge is 2.20. The van der Waals surface area contributed by atoms with Gasteiger partial charge in [-0.3, -0.25) is 10.1 Å². The Morgan fingerprint density at radius 2 is 1.93 bits per heavy atom. The maximum absolute atomic E-state index is 13.9. The van der Waals surface area contributed by atoms with Crippen molar-refractivity contribution in [1.29, 1.82) is 0 Å². The number of thiazole rings is 1. The summed E-state index contributed by atoms with van der Waals surface area (Å²) in [5.41, 5.74) is 1.12. The Labute approximate surface area is 163 Å². The molecular formula is C20H14F2N4OS. The number of rotatable bonds is 4. The number of carbonyl (C=O) groups excluding carboxylic acids is 1. The minimum absolute atomic E-state index is 0.269. The maximum Gasteiger partial charge on any atom is 0.260 e. The summed E-state index contributed by atoms with van der Waals surface area (Å²) in [6.07, 6.45) is 3.48. The van der Waals surface area contributed by atoms with E-state index in [1.165, 1.54) is 11.3 Å². The Balaban J connectivity index is 1.75. The van der Waals surface area contributed by atoms with Crippen LogP contribution in [-0.2, 0) is 7.05 Å². The number of aromatic nitrogens is 3. The smallest absolute Gasteiger partial charge is 0.260 e. The van der Waals surface area contributed by atoms with E-state index in [1.54, 1.807) is 6.20 Å². The van der Waals surface area contributed by atoms with Gasteiger partial charge < -0.3 is 4.57 Å². The van der Waals surface area contributed by atoms with Gasteiger partial charge in [-0.25, -0.2) is 18.7 Å². The van der Waals surface area contributed by atoms with E-state index in [2.05, 4.69) is 15.3 Å². The Bertz CT molecular complexity index is 1150. The molecule has 0 spiro atoms. The van der Waals surface area contributed by atoms with Crippen molar-refractivity contribution in [2.75, 3.05) is 5.32 Å². The topological polar surface area (TPSA) is 59.8 Å². The summed E-state index contributed by atoms with van der Waals surface area (Å²) in [5, 5.41) is 2.83. The van der Waals surface area contributed by atoms with E-state index in [1.807, 2.05) is 48.1 Å². The average molecular weight is 396 g/mol. The molecule has 2 heterocycles. The second kappa shape index (κ2) is 7.32. The SMILES string of the molecule is Cn1ccnc1-c1sc(NC(=O)c2cc(F)ccc2F)nc1-c1ccccc1. The lowest BCUT2D eigenvalue weighted by atomic mass is 10.1. The lowest BCUT2D eigenvalue weighted by Crippen LogP contribution is -2.13. The van der Waals surface area contributed by atoms with Crippen molar-refractivity contribution in [3.8, 4) is 22.0 Å². The first kappa shape index (κ1) is 18.0. The first-order valence-corrected chi connectivity index (χ1v) is 9.15. The molecule has 5 nitrogen and oxygen atoms in total. The number of amides is 1. The molecule has 28 heavy (non-hydrogen) atoms. The predicted molar refractivity (Wildman–Crippen MR) is 104 cm³/mol. The fourth-order valence-corrected chi connectivity index (χ4v) is 3.76. The van der Waals surface area contributed by atoms with E-state index >= 15 is 0 Å². The molecule has 0 unspecified atom stereocenters. The largest absolute Gasteiger partial charge is 0.333 e. The van der Waals surface area contributed by atoms with E-state index in [0.29, 0.717) is 11.5 Å². The van der Waals surface area contributed by atoms with Crippen molar-refractivity contribution >= 4 is 22.4 Å². The van der Waals surface area contributed by atoms with Crippen molar-refractivity contribution in [2.24, 2.45) is 7.05 Å². The van der Waals surface area contributed by atoms with E-state index in [9.17, 15) is 13.6 Å². The number of carbonyl (C=O) groups is 1. The van der Waals surface area contributed by atoms with Crippen LogP contribution in [0.15, 0.2) is 60.9 Å². The van der Waals surface area contributed by atoms with Crippen LogP contribution in [0.1, 0.15) is 10.4 Å². The zero-order valence-electron chi connectivity index (χ0n) is 14.7. The number of imidazole rings is 1. The monoisotopic (exact) mass is 396 g/mol. The molecule has 0 aliphatic heterocycles. The standard InChI is InChI=1S/C20H14F2N4OS/c1-26-10-9-23-18(26)17-16(12-5-3-2-4-6-12)24-20(28-17)25-19(27)14-11-13(21)7-8-15(14)22/h2-11H,1H3,(H,24,25,27). The lowest BCUT2D eigenvalue weighted by molar-refractivity contribution is 0.102. The number of anilines is 1. The molecular weight excluding hydrogens is 382 g/mol. The van der Waals surface area contributed by atoms with Gasteiger partial charge in [0.05, 0.1) is 16.1 Å². The summed E-state index contributed by atoms with van der Waals surface area (Å²) in [7, 11) is 1.86. The van der Waals surface area contributed by atoms with Gasteiger partial charge in [-0.15, -0.1) is 0 Å². The molecule has 8 heteroatoms. The predicted octanol–water partition coefficient (Wildman–Crippen LogP) is 4.74. The molecule has 0 aliphatic rings. The number of halogens is 2. The Morgan fingerprint density at radius 1 is 1.14 bits per heavy atom. The number of hydrogen-bond donors (Lipinski definition) is 1. The van der Waals surface area contributed by atoms with E-state index in [-0.39, 0.29) is 10.7 Å². The highest BCUT2D eigenvalue weighted by atomic mass is 32.1. The average Bonchev–Trinajstić information content (AvgIpc) is 3.30.